The van der Waals surface area contributed by atoms with Gasteiger partial charge in [0.25, 0.3) is 11.8 Å². The normalized spacial score (nSPS) is 11.1. The van der Waals surface area contributed by atoms with Crippen molar-refractivity contribution in [3.63, 3.8) is 0 Å². The molecule has 3 rings (SSSR count). The Balaban J connectivity index is 2.15. The number of nitrogens with zero attached hydrogens (tertiary/aromatic N) is 1. The van der Waals surface area contributed by atoms with E-state index in [1.807, 2.05) is 38.9 Å². The van der Waals surface area contributed by atoms with Crippen LogP contribution in [0.4, 0.5) is 11.4 Å². The van der Waals surface area contributed by atoms with Crippen molar-refractivity contribution in [1.29, 1.82) is 0 Å². The van der Waals surface area contributed by atoms with Crippen molar-refractivity contribution in [2.75, 3.05) is 38.0 Å². The van der Waals surface area contributed by atoms with Gasteiger partial charge < -0.3 is 25.0 Å². The summed E-state index contributed by atoms with van der Waals surface area (Å²) in [6.07, 6.45) is 0. The highest BCUT2D eigenvalue weighted by Gasteiger charge is 2.25. The lowest BCUT2D eigenvalue weighted by molar-refractivity contribution is 0.00700. The fraction of sp³-hybridized carbons (Fsp3) is 0.333. The van der Waals surface area contributed by atoms with E-state index in [0.717, 1.165) is 5.69 Å². The van der Waals surface area contributed by atoms with E-state index in [2.05, 4.69) is 10.6 Å². The number of benzene rings is 3. The highest BCUT2D eigenvalue weighted by atomic mass is 16.6. The van der Waals surface area contributed by atoms with Crippen molar-refractivity contribution in [1.82, 2.24) is 5.32 Å². The second-order valence-electron chi connectivity index (χ2n) is 11.5. The standard InChI is InChI=1S/C33H39N3O6/c1-20(2)19-34-29(37)21-12-14-26(28(17-21)32(40)42-33(3,4)5)25-15-13-24(36(6)7)18-27(25)30(38)35-23-11-9-10-22(16-23)31(39)41-8/h9-18,20H,19H2,1-8H3,(H,34,37)(H,35,38). The van der Waals surface area contributed by atoms with Gasteiger partial charge in [-0.15, -0.1) is 0 Å². The number of ether oxygens (including phenoxy) is 2. The molecule has 222 valence electrons. The number of anilines is 2. The molecule has 3 aromatic rings. The number of methoxy groups -OCH3 is 1. The number of esters is 2. The van der Waals surface area contributed by atoms with Gasteiger partial charge in [-0.3, -0.25) is 9.59 Å². The molecule has 0 unspecified atom stereocenters. The van der Waals surface area contributed by atoms with E-state index in [1.165, 1.54) is 19.2 Å². The van der Waals surface area contributed by atoms with Gasteiger partial charge in [0.2, 0.25) is 0 Å². The maximum atomic E-state index is 13.7. The van der Waals surface area contributed by atoms with Crippen LogP contribution in [0.5, 0.6) is 0 Å². The second-order valence-corrected chi connectivity index (χ2v) is 11.5. The van der Waals surface area contributed by atoms with E-state index < -0.39 is 23.4 Å². The van der Waals surface area contributed by atoms with Gasteiger partial charge in [0.15, 0.2) is 0 Å². The highest BCUT2D eigenvalue weighted by Crippen LogP contribution is 2.33. The molecule has 2 N–H and O–H groups in total. The Morgan fingerprint density at radius 3 is 2.10 bits per heavy atom. The van der Waals surface area contributed by atoms with Crippen molar-refractivity contribution in [3.8, 4) is 11.1 Å². The van der Waals surface area contributed by atoms with Crippen molar-refractivity contribution >= 4 is 35.1 Å². The Labute approximate surface area is 247 Å². The number of nitrogens with one attached hydrogen (secondary N) is 2. The Hall–Kier alpha value is -4.66. The monoisotopic (exact) mass is 573 g/mol. The number of carbonyl (C=O) groups excluding carboxylic acids is 4. The molecule has 3 aromatic carbocycles. The van der Waals surface area contributed by atoms with Crippen molar-refractivity contribution < 1.29 is 28.7 Å². The summed E-state index contributed by atoms with van der Waals surface area (Å²) in [7, 11) is 4.99. The first-order valence-corrected chi connectivity index (χ1v) is 13.7. The van der Waals surface area contributed by atoms with Crippen LogP contribution >= 0.6 is 0 Å². The molecule has 42 heavy (non-hydrogen) atoms. The molecule has 0 aliphatic heterocycles. The zero-order valence-electron chi connectivity index (χ0n) is 25.5. The molecule has 0 bridgehead atoms. The fourth-order valence-corrected chi connectivity index (χ4v) is 4.09. The zero-order valence-corrected chi connectivity index (χ0v) is 25.5. The molecule has 0 heterocycles. The first-order valence-electron chi connectivity index (χ1n) is 13.7. The fourth-order valence-electron chi connectivity index (χ4n) is 4.09. The predicted molar refractivity (Wildman–Crippen MR) is 164 cm³/mol. The van der Waals surface area contributed by atoms with Crippen LogP contribution in [0.1, 0.15) is 76.1 Å². The Morgan fingerprint density at radius 1 is 0.810 bits per heavy atom. The lowest BCUT2D eigenvalue weighted by atomic mass is 9.92. The smallest absolute Gasteiger partial charge is 0.339 e. The maximum Gasteiger partial charge on any atom is 0.339 e. The van der Waals surface area contributed by atoms with E-state index in [-0.39, 0.29) is 28.5 Å². The van der Waals surface area contributed by atoms with E-state index in [4.69, 9.17) is 9.47 Å². The van der Waals surface area contributed by atoms with Crippen molar-refractivity contribution in [2.24, 2.45) is 5.92 Å². The molecular weight excluding hydrogens is 534 g/mol. The third-order valence-electron chi connectivity index (χ3n) is 6.17. The summed E-state index contributed by atoms with van der Waals surface area (Å²) in [6.45, 7) is 9.75. The second kappa shape index (κ2) is 13.3. The quantitative estimate of drug-likeness (QED) is 0.311. The summed E-state index contributed by atoms with van der Waals surface area (Å²) >= 11 is 0. The summed E-state index contributed by atoms with van der Waals surface area (Å²) in [5.41, 5.74) is 2.30. The largest absolute Gasteiger partial charge is 0.465 e. The number of amides is 2. The van der Waals surface area contributed by atoms with Gasteiger partial charge in [-0.05, 0) is 80.3 Å². The Bertz CT molecular complexity index is 1490. The van der Waals surface area contributed by atoms with Gasteiger partial charge >= 0.3 is 11.9 Å². The molecule has 9 heteroatoms. The lowest BCUT2D eigenvalue weighted by Gasteiger charge is -2.22. The van der Waals surface area contributed by atoms with Crippen LogP contribution in [0.15, 0.2) is 60.7 Å². The average Bonchev–Trinajstić information content (AvgIpc) is 2.93. The third-order valence-corrected chi connectivity index (χ3v) is 6.17. The molecule has 0 atom stereocenters. The van der Waals surface area contributed by atoms with Crippen LogP contribution < -0.4 is 15.5 Å². The first-order chi connectivity index (χ1) is 19.7. The maximum absolute atomic E-state index is 13.7. The van der Waals surface area contributed by atoms with Crippen LogP contribution in [0.2, 0.25) is 0 Å². The molecule has 0 spiro atoms. The molecule has 0 aliphatic rings. The van der Waals surface area contributed by atoms with Crippen molar-refractivity contribution in [2.45, 2.75) is 40.2 Å². The number of hydrogen-bond donors (Lipinski definition) is 2. The molecule has 0 saturated heterocycles. The molecule has 0 saturated carbocycles. The molecule has 9 nitrogen and oxygen atoms in total. The average molecular weight is 574 g/mol. The Kier molecular flexibility index (Phi) is 10.1. The third kappa shape index (κ3) is 8.19. The van der Waals surface area contributed by atoms with Gasteiger partial charge in [-0.25, -0.2) is 9.59 Å². The van der Waals surface area contributed by atoms with E-state index in [9.17, 15) is 19.2 Å². The SMILES string of the molecule is COC(=O)c1cccc(NC(=O)c2cc(N(C)C)ccc2-c2ccc(C(=O)NCC(C)C)cc2C(=O)OC(C)(C)C)c1. The van der Waals surface area contributed by atoms with E-state index >= 15 is 0 Å². The van der Waals surface area contributed by atoms with E-state index in [0.29, 0.717) is 28.9 Å². The number of rotatable bonds is 9. The van der Waals surface area contributed by atoms with Crippen LogP contribution in [0.25, 0.3) is 11.1 Å². The summed E-state index contributed by atoms with van der Waals surface area (Å²) in [5, 5.41) is 5.72. The molecule has 0 radical (unpaired) electrons. The molecule has 0 aliphatic carbocycles. The minimum Gasteiger partial charge on any atom is -0.465 e. The van der Waals surface area contributed by atoms with Crippen LogP contribution in [-0.4, -0.2) is 57.1 Å². The number of hydrogen-bond acceptors (Lipinski definition) is 7. The van der Waals surface area contributed by atoms with Gasteiger partial charge in [0.1, 0.15) is 5.60 Å². The van der Waals surface area contributed by atoms with Crippen LogP contribution in [-0.2, 0) is 9.47 Å². The predicted octanol–water partition coefficient (Wildman–Crippen LogP) is 5.80. The van der Waals surface area contributed by atoms with Crippen LogP contribution in [0, 0.1) is 5.92 Å². The van der Waals surface area contributed by atoms with Gasteiger partial charge in [0.05, 0.1) is 18.2 Å². The summed E-state index contributed by atoms with van der Waals surface area (Å²) in [6, 6.07) is 16.5. The summed E-state index contributed by atoms with van der Waals surface area (Å²) < 4.78 is 10.5. The molecular formula is C33H39N3O6. The van der Waals surface area contributed by atoms with Crippen LogP contribution in [0.3, 0.4) is 0 Å². The van der Waals surface area contributed by atoms with Gasteiger partial charge in [0, 0.05) is 43.1 Å². The summed E-state index contributed by atoms with van der Waals surface area (Å²) in [5.74, 6) is -1.66. The molecule has 0 aromatic heterocycles. The first kappa shape index (κ1) is 31.9. The number of carbonyl (C=O) groups is 4. The topological polar surface area (TPSA) is 114 Å². The zero-order chi connectivity index (χ0) is 31.2. The van der Waals surface area contributed by atoms with Crippen molar-refractivity contribution in [3.05, 3.63) is 82.9 Å². The minimum atomic E-state index is -0.788. The highest BCUT2D eigenvalue weighted by molar-refractivity contribution is 6.12. The molecule has 0 fully saturated rings. The molecule has 2 amide bonds. The van der Waals surface area contributed by atoms with Gasteiger partial charge in [-0.1, -0.05) is 32.0 Å². The van der Waals surface area contributed by atoms with E-state index in [1.54, 1.807) is 63.2 Å². The lowest BCUT2D eigenvalue weighted by Crippen LogP contribution is -2.28. The Morgan fingerprint density at radius 2 is 1.48 bits per heavy atom. The summed E-state index contributed by atoms with van der Waals surface area (Å²) in [4.78, 5) is 54.0. The van der Waals surface area contributed by atoms with Gasteiger partial charge in [-0.2, -0.15) is 0 Å². The minimum absolute atomic E-state index is 0.154.